The van der Waals surface area contributed by atoms with E-state index in [0.29, 0.717) is 5.39 Å². The van der Waals surface area contributed by atoms with Gasteiger partial charge in [-0.25, -0.2) is 0 Å². The molecule has 1 aromatic carbocycles. The van der Waals surface area contributed by atoms with Crippen LogP contribution < -0.4 is 5.32 Å². The molecular formula is C14H12N2O4. The molecule has 0 saturated carbocycles. The van der Waals surface area contributed by atoms with Gasteiger partial charge in [0.25, 0.3) is 5.91 Å². The largest absolute Gasteiger partial charge is 0.481 e. The van der Waals surface area contributed by atoms with Crippen molar-refractivity contribution in [2.24, 2.45) is 0 Å². The molecule has 0 spiro atoms. The minimum atomic E-state index is -1.22. The average Bonchev–Trinajstić information content (AvgIpc) is 2.43. The Bertz CT molecular complexity index is 676. The Balaban J connectivity index is 2.12. The highest BCUT2D eigenvalue weighted by Crippen LogP contribution is 2.15. The number of pyridine rings is 1. The van der Waals surface area contributed by atoms with E-state index in [4.69, 9.17) is 5.11 Å². The molecule has 2 aromatic rings. The first-order chi connectivity index (χ1) is 9.58. The van der Waals surface area contributed by atoms with Crippen LogP contribution >= 0.6 is 0 Å². The number of aromatic nitrogens is 1. The first-order valence-corrected chi connectivity index (χ1v) is 5.93. The highest BCUT2D eigenvalue weighted by molar-refractivity contribution is 6.06. The van der Waals surface area contributed by atoms with Gasteiger partial charge in [-0.1, -0.05) is 24.3 Å². The van der Waals surface area contributed by atoms with Crippen LogP contribution in [0.1, 0.15) is 16.9 Å². The second kappa shape index (κ2) is 5.92. The fraction of sp³-hybridized carbons (Fsp3) is 0.143. The number of benzene rings is 1. The third kappa shape index (κ3) is 3.17. The first-order valence-electron chi connectivity index (χ1n) is 5.93. The zero-order valence-electron chi connectivity index (χ0n) is 10.5. The lowest BCUT2D eigenvalue weighted by Gasteiger charge is -2.06. The minimum Gasteiger partial charge on any atom is -0.481 e. The van der Waals surface area contributed by atoms with Crippen LogP contribution in [-0.4, -0.2) is 34.3 Å². The molecule has 1 aromatic heterocycles. The van der Waals surface area contributed by atoms with Crippen molar-refractivity contribution in [1.82, 2.24) is 10.3 Å². The molecule has 0 unspecified atom stereocenters. The minimum absolute atomic E-state index is 0.214. The SMILES string of the molecule is O=C(O)CC(=O)CNC(=O)c1nccc2ccccc12. The van der Waals surface area contributed by atoms with Gasteiger partial charge in [-0.3, -0.25) is 19.4 Å². The molecule has 0 aliphatic rings. The number of hydrogen-bond acceptors (Lipinski definition) is 4. The summed E-state index contributed by atoms with van der Waals surface area (Å²) < 4.78 is 0. The molecule has 0 aliphatic heterocycles. The third-order valence-corrected chi connectivity index (χ3v) is 2.68. The molecule has 0 bridgehead atoms. The standard InChI is InChI=1S/C14H12N2O4/c17-10(7-12(18)19)8-16-14(20)13-11-4-2-1-3-9(11)5-6-15-13/h1-6H,7-8H2,(H,16,20)(H,18,19). The van der Waals surface area contributed by atoms with Crippen molar-refractivity contribution in [1.29, 1.82) is 0 Å². The fourth-order valence-electron chi connectivity index (χ4n) is 1.79. The molecule has 20 heavy (non-hydrogen) atoms. The second-order valence-corrected chi connectivity index (χ2v) is 4.17. The summed E-state index contributed by atoms with van der Waals surface area (Å²) in [4.78, 5) is 37.6. The number of carbonyl (C=O) groups excluding carboxylic acids is 2. The molecule has 6 heteroatoms. The van der Waals surface area contributed by atoms with Crippen molar-refractivity contribution < 1.29 is 19.5 Å². The number of nitrogens with one attached hydrogen (secondary N) is 1. The van der Waals surface area contributed by atoms with Crippen molar-refractivity contribution in [2.75, 3.05) is 6.54 Å². The summed E-state index contributed by atoms with van der Waals surface area (Å²) in [5, 5.41) is 12.4. The molecule has 0 atom stereocenters. The Morgan fingerprint density at radius 2 is 1.90 bits per heavy atom. The van der Waals surface area contributed by atoms with Gasteiger partial charge in [-0.15, -0.1) is 0 Å². The maximum absolute atomic E-state index is 12.0. The number of ketones is 1. The topological polar surface area (TPSA) is 96.4 Å². The number of amides is 1. The zero-order chi connectivity index (χ0) is 14.5. The van der Waals surface area contributed by atoms with Crippen molar-refractivity contribution in [3.63, 3.8) is 0 Å². The summed E-state index contributed by atoms with van der Waals surface area (Å²) >= 11 is 0. The Hall–Kier alpha value is -2.76. The van der Waals surface area contributed by atoms with Gasteiger partial charge in [-0.05, 0) is 11.5 Å². The van der Waals surface area contributed by atoms with E-state index in [9.17, 15) is 14.4 Å². The maximum atomic E-state index is 12.0. The van der Waals surface area contributed by atoms with Crippen LogP contribution in [0.2, 0.25) is 0 Å². The molecule has 0 fully saturated rings. The number of carbonyl (C=O) groups is 3. The van der Waals surface area contributed by atoms with Gasteiger partial charge in [0.1, 0.15) is 12.1 Å². The fourth-order valence-corrected chi connectivity index (χ4v) is 1.79. The van der Waals surface area contributed by atoms with Gasteiger partial charge in [-0.2, -0.15) is 0 Å². The number of hydrogen-bond donors (Lipinski definition) is 2. The van der Waals surface area contributed by atoms with E-state index in [1.165, 1.54) is 6.20 Å². The Morgan fingerprint density at radius 1 is 1.15 bits per heavy atom. The number of carboxylic acids is 1. The summed E-state index contributed by atoms with van der Waals surface area (Å²) in [6.07, 6.45) is 0.902. The van der Waals surface area contributed by atoms with Gasteiger partial charge >= 0.3 is 5.97 Å². The highest BCUT2D eigenvalue weighted by Gasteiger charge is 2.13. The number of carboxylic acid groups (broad SMARTS) is 1. The van der Waals surface area contributed by atoms with Gasteiger partial charge in [0.2, 0.25) is 0 Å². The molecule has 0 saturated heterocycles. The summed E-state index contributed by atoms with van der Waals surface area (Å²) in [7, 11) is 0. The van der Waals surface area contributed by atoms with Gasteiger partial charge < -0.3 is 10.4 Å². The Morgan fingerprint density at radius 3 is 2.65 bits per heavy atom. The van der Waals surface area contributed by atoms with Crippen LogP contribution in [0, 0.1) is 0 Å². The lowest BCUT2D eigenvalue weighted by Crippen LogP contribution is -2.31. The Labute approximate surface area is 114 Å². The molecule has 2 rings (SSSR count). The smallest absolute Gasteiger partial charge is 0.310 e. The van der Waals surface area contributed by atoms with E-state index in [2.05, 4.69) is 10.3 Å². The number of Topliss-reactive ketones (excluding diaryl/α,β-unsaturated/α-hetero) is 1. The summed E-state index contributed by atoms with van der Waals surface area (Å²) in [5.41, 5.74) is 0.214. The molecule has 6 nitrogen and oxygen atoms in total. The normalized spacial score (nSPS) is 10.2. The van der Waals surface area contributed by atoms with Crippen LogP contribution in [-0.2, 0) is 9.59 Å². The van der Waals surface area contributed by atoms with Gasteiger partial charge in [0.05, 0.1) is 6.54 Å². The number of rotatable bonds is 5. The molecule has 1 heterocycles. The molecule has 1 amide bonds. The average molecular weight is 272 g/mol. The van der Waals surface area contributed by atoms with E-state index < -0.39 is 24.1 Å². The summed E-state index contributed by atoms with van der Waals surface area (Å²) in [5.74, 6) is -2.28. The van der Waals surface area contributed by atoms with E-state index in [-0.39, 0.29) is 12.2 Å². The molecule has 102 valence electrons. The quantitative estimate of drug-likeness (QED) is 0.792. The van der Waals surface area contributed by atoms with Crippen LogP contribution in [0.3, 0.4) is 0 Å². The van der Waals surface area contributed by atoms with Crippen molar-refractivity contribution in [3.8, 4) is 0 Å². The lowest BCUT2D eigenvalue weighted by molar-refractivity contribution is -0.140. The van der Waals surface area contributed by atoms with Crippen LogP contribution in [0.4, 0.5) is 0 Å². The lowest BCUT2D eigenvalue weighted by atomic mass is 10.1. The van der Waals surface area contributed by atoms with Crippen molar-refractivity contribution in [3.05, 3.63) is 42.2 Å². The van der Waals surface area contributed by atoms with Gasteiger partial charge in [0.15, 0.2) is 5.78 Å². The maximum Gasteiger partial charge on any atom is 0.310 e. The molecule has 2 N–H and O–H groups in total. The highest BCUT2D eigenvalue weighted by atomic mass is 16.4. The third-order valence-electron chi connectivity index (χ3n) is 2.68. The van der Waals surface area contributed by atoms with E-state index in [1.807, 2.05) is 12.1 Å². The second-order valence-electron chi connectivity index (χ2n) is 4.17. The predicted octanol–water partition coefficient (Wildman–Crippen LogP) is 1.01. The van der Waals surface area contributed by atoms with E-state index in [1.54, 1.807) is 18.2 Å². The van der Waals surface area contributed by atoms with Crippen molar-refractivity contribution >= 4 is 28.4 Å². The monoisotopic (exact) mass is 272 g/mol. The predicted molar refractivity (Wildman–Crippen MR) is 71.3 cm³/mol. The van der Waals surface area contributed by atoms with Crippen LogP contribution in [0.25, 0.3) is 10.8 Å². The first kappa shape index (κ1) is 13.7. The number of fused-ring (bicyclic) bond motifs is 1. The molecule has 0 radical (unpaired) electrons. The molecular weight excluding hydrogens is 260 g/mol. The molecule has 0 aliphatic carbocycles. The summed E-state index contributed by atoms with van der Waals surface area (Å²) in [6, 6.07) is 9.03. The van der Waals surface area contributed by atoms with Crippen LogP contribution in [0.5, 0.6) is 0 Å². The van der Waals surface area contributed by atoms with Gasteiger partial charge in [0, 0.05) is 11.6 Å². The Kier molecular flexibility index (Phi) is 4.05. The van der Waals surface area contributed by atoms with E-state index >= 15 is 0 Å². The van der Waals surface area contributed by atoms with Crippen molar-refractivity contribution in [2.45, 2.75) is 6.42 Å². The van der Waals surface area contributed by atoms with E-state index in [0.717, 1.165) is 5.39 Å². The van der Waals surface area contributed by atoms with Crippen LogP contribution in [0.15, 0.2) is 36.5 Å². The zero-order valence-corrected chi connectivity index (χ0v) is 10.5. The summed E-state index contributed by atoms with van der Waals surface area (Å²) in [6.45, 7) is -0.323. The number of aliphatic carboxylic acids is 1. The number of nitrogens with zero attached hydrogens (tertiary/aromatic N) is 1.